The van der Waals surface area contributed by atoms with Gasteiger partial charge < -0.3 is 16.8 Å². The number of amides is 1. The number of nitrogen functional groups attached to an aromatic ring is 1. The summed E-state index contributed by atoms with van der Waals surface area (Å²) >= 11 is 0. The lowest BCUT2D eigenvalue weighted by atomic mass is 9.99. The molecule has 5 N–H and O–H groups in total. The molecule has 98 valence electrons. The minimum Gasteiger partial charge on any atom is -0.393 e. The van der Waals surface area contributed by atoms with Crippen LogP contribution in [-0.4, -0.2) is 16.4 Å². The van der Waals surface area contributed by atoms with Crippen LogP contribution in [-0.2, 0) is 4.79 Å². The molecule has 0 aliphatic carbocycles. The summed E-state index contributed by atoms with van der Waals surface area (Å²) in [6, 6.07) is 4.32. The Balaban J connectivity index is 2.89. The Hall–Kier alpha value is -2.31. The Labute approximate surface area is 104 Å². The van der Waals surface area contributed by atoms with Crippen molar-refractivity contribution in [2.75, 3.05) is 11.1 Å². The van der Waals surface area contributed by atoms with Crippen molar-refractivity contribution in [2.45, 2.75) is 25.8 Å². The third kappa shape index (κ3) is 3.62. The second-order valence-corrected chi connectivity index (χ2v) is 4.68. The fourth-order valence-electron chi connectivity index (χ4n) is 1.67. The highest BCUT2D eigenvalue weighted by molar-refractivity contribution is 5.76. The molecule has 1 amide bonds. The zero-order chi connectivity index (χ0) is 13.9. The smallest absolute Gasteiger partial charge is 0.292 e. The van der Waals surface area contributed by atoms with E-state index in [4.69, 9.17) is 11.5 Å². The van der Waals surface area contributed by atoms with E-state index in [1.54, 1.807) is 13.8 Å². The van der Waals surface area contributed by atoms with Crippen molar-refractivity contribution in [3.05, 3.63) is 28.3 Å². The lowest BCUT2D eigenvalue weighted by Crippen LogP contribution is -2.35. The maximum absolute atomic E-state index is 10.9. The molecule has 0 heterocycles. The topological polar surface area (TPSA) is 124 Å². The predicted molar refractivity (Wildman–Crippen MR) is 69.0 cm³/mol. The molecule has 7 nitrogen and oxygen atoms in total. The van der Waals surface area contributed by atoms with E-state index >= 15 is 0 Å². The van der Waals surface area contributed by atoms with Crippen molar-refractivity contribution in [1.82, 2.24) is 0 Å². The summed E-state index contributed by atoms with van der Waals surface area (Å²) in [4.78, 5) is 20.9. The first-order valence-corrected chi connectivity index (χ1v) is 5.32. The third-order valence-corrected chi connectivity index (χ3v) is 2.32. The number of rotatable bonds is 5. The zero-order valence-electron chi connectivity index (χ0n) is 10.3. The summed E-state index contributed by atoms with van der Waals surface area (Å²) in [6.07, 6.45) is 0.143. The number of hydrogen-bond acceptors (Lipinski definition) is 5. The molecule has 0 saturated carbocycles. The fraction of sp³-hybridized carbons (Fsp3) is 0.364. The van der Waals surface area contributed by atoms with Crippen LogP contribution in [0.4, 0.5) is 17.1 Å². The molecule has 0 aromatic heterocycles. The van der Waals surface area contributed by atoms with Gasteiger partial charge in [0.15, 0.2) is 0 Å². The van der Waals surface area contributed by atoms with Crippen LogP contribution in [0, 0.1) is 10.1 Å². The van der Waals surface area contributed by atoms with Gasteiger partial charge >= 0.3 is 0 Å². The van der Waals surface area contributed by atoms with Crippen molar-refractivity contribution in [3.63, 3.8) is 0 Å². The van der Waals surface area contributed by atoms with E-state index in [9.17, 15) is 14.9 Å². The molecule has 18 heavy (non-hydrogen) atoms. The van der Waals surface area contributed by atoms with Crippen LogP contribution in [0.1, 0.15) is 20.3 Å². The molecule has 0 fully saturated rings. The van der Waals surface area contributed by atoms with Gasteiger partial charge in [0, 0.05) is 23.7 Å². The van der Waals surface area contributed by atoms with E-state index in [1.165, 1.54) is 18.2 Å². The number of benzene rings is 1. The average molecular weight is 252 g/mol. The van der Waals surface area contributed by atoms with Crippen LogP contribution < -0.4 is 16.8 Å². The summed E-state index contributed by atoms with van der Waals surface area (Å²) in [5.41, 5.74) is 10.7. The van der Waals surface area contributed by atoms with E-state index in [2.05, 4.69) is 5.32 Å². The molecule has 7 heteroatoms. The highest BCUT2D eigenvalue weighted by Gasteiger charge is 2.21. The lowest BCUT2D eigenvalue weighted by Gasteiger charge is -2.26. The number of nitrogens with zero attached hydrogens (tertiary/aromatic N) is 1. The van der Waals surface area contributed by atoms with Gasteiger partial charge in [-0.3, -0.25) is 14.9 Å². The number of hydrogen-bond donors (Lipinski definition) is 3. The summed E-state index contributed by atoms with van der Waals surface area (Å²) in [7, 11) is 0. The number of carbonyl (C=O) groups excluding carboxylic acids is 1. The second-order valence-electron chi connectivity index (χ2n) is 4.68. The van der Waals surface area contributed by atoms with Crippen LogP contribution in [0.5, 0.6) is 0 Å². The van der Waals surface area contributed by atoms with Gasteiger partial charge in [0.25, 0.3) is 5.69 Å². The highest BCUT2D eigenvalue weighted by atomic mass is 16.6. The van der Waals surface area contributed by atoms with Crippen molar-refractivity contribution >= 4 is 23.0 Å². The van der Waals surface area contributed by atoms with Gasteiger partial charge in [0.1, 0.15) is 5.69 Å². The molecule has 0 spiro atoms. The molecule has 0 atom stereocenters. The van der Waals surface area contributed by atoms with Crippen molar-refractivity contribution in [1.29, 1.82) is 0 Å². The number of primary amides is 1. The Morgan fingerprint density at radius 2 is 2.11 bits per heavy atom. The first-order chi connectivity index (χ1) is 8.21. The molecule has 0 saturated heterocycles. The molecule has 0 aliphatic rings. The van der Waals surface area contributed by atoms with Crippen LogP contribution >= 0.6 is 0 Å². The Morgan fingerprint density at radius 1 is 1.50 bits per heavy atom. The first-order valence-electron chi connectivity index (χ1n) is 5.32. The molecule has 1 aromatic rings. The van der Waals surface area contributed by atoms with Crippen molar-refractivity contribution in [2.24, 2.45) is 5.73 Å². The van der Waals surface area contributed by atoms with E-state index < -0.39 is 16.4 Å². The molecule has 0 radical (unpaired) electrons. The molecular weight excluding hydrogens is 236 g/mol. The zero-order valence-corrected chi connectivity index (χ0v) is 10.3. The molecule has 0 aliphatic heterocycles. The molecule has 1 rings (SSSR count). The number of anilines is 2. The number of carbonyl (C=O) groups is 1. The standard InChI is InChI=1S/C11H16N4O3/c1-11(2,6-10(13)16)14-7-3-4-9(15(17)18)8(12)5-7/h3-5,14H,6,12H2,1-2H3,(H2,13,16). The van der Waals surface area contributed by atoms with E-state index in [0.717, 1.165) is 0 Å². The van der Waals surface area contributed by atoms with E-state index in [0.29, 0.717) is 5.69 Å². The Kier molecular flexibility index (Phi) is 3.75. The van der Waals surface area contributed by atoms with Gasteiger partial charge in [0.05, 0.1) is 4.92 Å². The van der Waals surface area contributed by atoms with Gasteiger partial charge in [-0.2, -0.15) is 0 Å². The molecule has 0 bridgehead atoms. The predicted octanol–water partition coefficient (Wildman–Crippen LogP) is 1.24. The van der Waals surface area contributed by atoms with Gasteiger partial charge in [0.2, 0.25) is 5.91 Å². The normalized spacial score (nSPS) is 11.0. The van der Waals surface area contributed by atoms with Crippen LogP contribution in [0.2, 0.25) is 0 Å². The number of nitrogens with two attached hydrogens (primary N) is 2. The quantitative estimate of drug-likeness (QED) is 0.413. The Bertz CT molecular complexity index is 485. The van der Waals surface area contributed by atoms with Gasteiger partial charge in [-0.05, 0) is 26.0 Å². The minimum absolute atomic E-state index is 0.0693. The minimum atomic E-state index is -0.548. The number of nitrogens with one attached hydrogen (secondary N) is 1. The summed E-state index contributed by atoms with van der Waals surface area (Å²) in [6.45, 7) is 3.60. The molecule has 1 aromatic carbocycles. The highest BCUT2D eigenvalue weighted by Crippen LogP contribution is 2.27. The SMILES string of the molecule is CC(C)(CC(N)=O)Nc1ccc([N+](=O)[O-])c(N)c1. The monoisotopic (exact) mass is 252 g/mol. The summed E-state index contributed by atoms with van der Waals surface area (Å²) < 4.78 is 0. The largest absolute Gasteiger partial charge is 0.393 e. The van der Waals surface area contributed by atoms with Crippen molar-refractivity contribution in [3.8, 4) is 0 Å². The number of nitro groups is 1. The maximum Gasteiger partial charge on any atom is 0.292 e. The van der Waals surface area contributed by atoms with Crippen LogP contribution in [0.3, 0.4) is 0 Å². The van der Waals surface area contributed by atoms with Crippen molar-refractivity contribution < 1.29 is 9.72 Å². The summed E-state index contributed by atoms with van der Waals surface area (Å²) in [5, 5.41) is 13.7. The second kappa shape index (κ2) is 4.91. The van der Waals surface area contributed by atoms with Crippen LogP contribution in [0.15, 0.2) is 18.2 Å². The Morgan fingerprint density at radius 3 is 2.56 bits per heavy atom. The first kappa shape index (κ1) is 13.8. The third-order valence-electron chi connectivity index (χ3n) is 2.32. The lowest BCUT2D eigenvalue weighted by molar-refractivity contribution is -0.383. The summed E-state index contributed by atoms with van der Waals surface area (Å²) in [5.74, 6) is -0.428. The number of nitro benzene ring substituents is 1. The van der Waals surface area contributed by atoms with E-state index in [1.807, 2.05) is 0 Å². The van der Waals surface area contributed by atoms with Gasteiger partial charge in [-0.15, -0.1) is 0 Å². The molecular formula is C11H16N4O3. The maximum atomic E-state index is 10.9. The van der Waals surface area contributed by atoms with Gasteiger partial charge in [-0.25, -0.2) is 0 Å². The average Bonchev–Trinajstić information content (AvgIpc) is 2.13. The fourth-order valence-corrected chi connectivity index (χ4v) is 1.67. The van der Waals surface area contributed by atoms with Gasteiger partial charge in [-0.1, -0.05) is 0 Å². The van der Waals surface area contributed by atoms with Crippen LogP contribution in [0.25, 0.3) is 0 Å². The van der Waals surface area contributed by atoms with E-state index in [-0.39, 0.29) is 17.8 Å². The molecule has 0 unspecified atom stereocenters.